The summed E-state index contributed by atoms with van der Waals surface area (Å²) in [4.78, 5) is 0. The van der Waals surface area contributed by atoms with Gasteiger partial charge in [-0.05, 0) is 142 Å². The van der Waals surface area contributed by atoms with Crippen LogP contribution in [-0.2, 0) is 60.2 Å². The first-order valence-corrected chi connectivity index (χ1v) is 28.4. The van der Waals surface area contributed by atoms with Crippen LogP contribution in [0.3, 0.4) is 0 Å². The van der Waals surface area contributed by atoms with Gasteiger partial charge in [-0.3, -0.25) is 6.08 Å². The van der Waals surface area contributed by atoms with Gasteiger partial charge in [0.15, 0.2) is 0 Å². The predicted molar refractivity (Wildman–Crippen MR) is 313 cm³/mol. The normalized spacial score (nSPS) is 13.9. The summed E-state index contributed by atoms with van der Waals surface area (Å²) in [7, 11) is -3.63. The molecule has 77 heavy (non-hydrogen) atoms. The zero-order valence-electron chi connectivity index (χ0n) is 45.7. The molecule has 0 fully saturated rings. The summed E-state index contributed by atoms with van der Waals surface area (Å²) < 4.78 is 0. The molecule has 0 nitrogen and oxygen atoms in total. The Morgan fingerprint density at radius 3 is 0.779 bits per heavy atom. The Bertz CT molecular complexity index is 3120. The maximum absolute atomic E-state index is 4.53. The van der Waals surface area contributed by atoms with Crippen molar-refractivity contribution in [2.75, 3.05) is 0 Å². The molecule has 1 unspecified atom stereocenters. The summed E-state index contributed by atoms with van der Waals surface area (Å²) in [5.41, 5.74) is 24.8. The van der Waals surface area contributed by atoms with Gasteiger partial charge in [0.2, 0.25) is 0 Å². The third kappa shape index (κ3) is 12.3. The summed E-state index contributed by atoms with van der Waals surface area (Å²) >= 11 is 0. The van der Waals surface area contributed by atoms with Crippen molar-refractivity contribution >= 4 is 23.6 Å². The molecule has 386 valence electrons. The van der Waals surface area contributed by atoms with Crippen molar-refractivity contribution in [3.63, 3.8) is 0 Å². The number of hydrogen-bond donors (Lipinski definition) is 0. The van der Waals surface area contributed by atoms with Gasteiger partial charge in [0.1, 0.15) is 8.07 Å². The van der Waals surface area contributed by atoms with E-state index in [2.05, 4.69) is 273 Å². The number of rotatable bonds is 16. The van der Waals surface area contributed by atoms with E-state index in [1.807, 2.05) is 0 Å². The van der Waals surface area contributed by atoms with Gasteiger partial charge in [-0.1, -0.05) is 261 Å². The van der Waals surface area contributed by atoms with Crippen molar-refractivity contribution in [3.8, 4) is 0 Å². The molecule has 0 aromatic heterocycles. The van der Waals surface area contributed by atoms with E-state index in [1.165, 1.54) is 100 Å². The van der Waals surface area contributed by atoms with E-state index in [0.29, 0.717) is 0 Å². The Balaban J connectivity index is 0.00000240. The third-order valence-corrected chi connectivity index (χ3v) is 22.8. The summed E-state index contributed by atoms with van der Waals surface area (Å²) in [6, 6.07) is 82.5. The van der Waals surface area contributed by atoms with Crippen LogP contribution in [0, 0.1) is 26.8 Å². The van der Waals surface area contributed by atoms with Gasteiger partial charge in [0.25, 0.3) is 0 Å². The third-order valence-electron chi connectivity index (χ3n) is 16.4. The molecule has 9 aromatic rings. The van der Waals surface area contributed by atoms with E-state index >= 15 is 0 Å². The molecule has 5 heteroatoms. The van der Waals surface area contributed by atoms with Crippen molar-refractivity contribution in [2.24, 2.45) is 0 Å². The molecule has 10 rings (SSSR count). The monoisotopic (exact) mass is 1110 g/mol. The summed E-state index contributed by atoms with van der Waals surface area (Å²) in [6.45, 7) is 17.2. The number of benzene rings is 9. The summed E-state index contributed by atoms with van der Waals surface area (Å²) in [6.07, 6.45) is 9.53. The van der Waals surface area contributed by atoms with E-state index in [1.54, 1.807) is 15.6 Å². The van der Waals surface area contributed by atoms with E-state index in [0.717, 1.165) is 38.5 Å². The fourth-order valence-corrected chi connectivity index (χ4v) is 20.2. The predicted octanol–water partition coefficient (Wildman–Crippen LogP) is 6.50. The number of halogens is 3. The quantitative estimate of drug-likeness (QED) is 0.0590. The van der Waals surface area contributed by atoms with E-state index in [-0.39, 0.29) is 58.9 Å². The molecular formula is C72H69Cl3SiTi. The average Bonchev–Trinajstić information content (AvgIpc) is 3.65. The second-order valence-corrected chi connectivity index (χ2v) is 25.0. The van der Waals surface area contributed by atoms with Crippen molar-refractivity contribution in [2.45, 2.75) is 92.0 Å². The Morgan fingerprint density at radius 2 is 0.558 bits per heavy atom. The van der Waals surface area contributed by atoms with Gasteiger partial charge in [0, 0.05) is 0 Å². The molecular weight excluding hydrogens is 1050 g/mol. The molecule has 9 aromatic carbocycles. The molecule has 1 aliphatic carbocycles. The zero-order chi connectivity index (χ0) is 50.5. The van der Waals surface area contributed by atoms with Crippen molar-refractivity contribution in [1.29, 1.82) is 0 Å². The molecule has 0 radical (unpaired) electrons. The minimum atomic E-state index is -3.63. The van der Waals surface area contributed by atoms with Gasteiger partial charge in [-0.15, -0.1) is 6.92 Å². The maximum atomic E-state index is 4.53. The van der Waals surface area contributed by atoms with Crippen molar-refractivity contribution in [3.05, 3.63) is 325 Å². The van der Waals surface area contributed by atoms with Crippen LogP contribution in [0.4, 0.5) is 0 Å². The number of hydrogen-bond acceptors (Lipinski definition) is 0. The Labute approximate surface area is 495 Å². The second kappa shape index (κ2) is 26.7. The first-order valence-electron chi connectivity index (χ1n) is 26.4. The minimum absolute atomic E-state index is 0. The van der Waals surface area contributed by atoms with Crippen LogP contribution >= 0.6 is 0 Å². The van der Waals surface area contributed by atoms with Gasteiger partial charge >= 0.3 is 21.7 Å². The average molecular weight is 1120 g/mol. The fourth-order valence-electron chi connectivity index (χ4n) is 12.7. The molecule has 0 N–H and O–H groups in total. The molecule has 0 bridgehead atoms. The Kier molecular flexibility index (Phi) is 21.0. The van der Waals surface area contributed by atoms with Crippen molar-refractivity contribution in [1.82, 2.24) is 0 Å². The van der Waals surface area contributed by atoms with Crippen LogP contribution in [-0.4, -0.2) is 8.07 Å². The fraction of sp³-hybridized carbons (Fsp3) is 0.194. The standard InChI is InChI=1S/C72H69Si.3ClH.Ti/c1-51-38-41-63(44-57-26-14-8-15-27-57)66(47-60-32-20-11-21-33-60)69(51)73(72(7)50-54(4)55(5)56(72)6,70-52(2)39-42-64(45-58-28-16-9-17-29-58)67(70)48-61-34-22-12-23-35-61)71-53(3)40-43-65(46-59-30-18-10-19-31-59)68(71)49-62-36-24-13-25-37-62;;;;/h8-43H,44-49H2,1-7H3;3*1H;/q-1;;;;+4/p-3. The Hall–Kier alpha value is -5.74. The molecule has 0 saturated carbocycles. The van der Waals surface area contributed by atoms with Crippen LogP contribution in [0.2, 0.25) is 5.04 Å². The minimum Gasteiger partial charge on any atom is -1.00 e. The van der Waals surface area contributed by atoms with E-state index < -0.39 is 13.1 Å². The van der Waals surface area contributed by atoms with Gasteiger partial charge in [-0.25, -0.2) is 5.57 Å². The van der Waals surface area contributed by atoms with E-state index in [4.69, 9.17) is 0 Å². The first-order chi connectivity index (χ1) is 35.5. The van der Waals surface area contributed by atoms with Crippen LogP contribution in [0.1, 0.15) is 111 Å². The zero-order valence-corrected chi connectivity index (χ0v) is 50.5. The molecule has 0 amide bonds. The molecule has 1 atom stereocenters. The van der Waals surface area contributed by atoms with Gasteiger partial charge in [0.05, 0.1) is 0 Å². The molecule has 1 aliphatic rings. The molecule has 0 spiro atoms. The molecule has 0 heterocycles. The van der Waals surface area contributed by atoms with Gasteiger partial charge in [-0.2, -0.15) is 11.1 Å². The van der Waals surface area contributed by atoms with Crippen LogP contribution in [0.15, 0.2) is 235 Å². The second-order valence-electron chi connectivity index (χ2n) is 21.0. The maximum Gasteiger partial charge on any atom is 4.00 e. The van der Waals surface area contributed by atoms with Crippen LogP contribution in [0.5, 0.6) is 0 Å². The summed E-state index contributed by atoms with van der Waals surface area (Å²) in [5, 5.41) is 4.12. The largest absolute Gasteiger partial charge is 4.00 e. The summed E-state index contributed by atoms with van der Waals surface area (Å²) in [5.74, 6) is 0. The number of allylic oxidation sites excluding steroid dienone is 4. The first kappa shape index (κ1) is 60.5. The van der Waals surface area contributed by atoms with Crippen LogP contribution in [0.25, 0.3) is 0 Å². The molecule has 0 aliphatic heterocycles. The molecule has 0 saturated heterocycles. The SMILES string of the molecule is CC1=[C-]C(C)([Si](c2c(C)ccc(Cc3ccccc3)c2Cc2ccccc2)(c2c(C)ccc(Cc3ccccc3)c2Cc2ccccc2)c2c(C)ccc(Cc3ccccc3)c2Cc2ccccc2)C(C)=C1C.[Cl-].[Cl-].[Cl-].[Ti+4]. The topological polar surface area (TPSA) is 0 Å². The van der Waals surface area contributed by atoms with Crippen molar-refractivity contribution < 1.29 is 58.9 Å². The van der Waals surface area contributed by atoms with Crippen LogP contribution < -0.4 is 52.8 Å². The number of aryl methyl sites for hydroxylation is 3. The van der Waals surface area contributed by atoms with E-state index in [9.17, 15) is 0 Å². The smallest absolute Gasteiger partial charge is 1.00 e. The van der Waals surface area contributed by atoms with Gasteiger partial charge < -0.3 is 37.2 Å². The Morgan fingerprint density at radius 1 is 0.325 bits per heavy atom.